The van der Waals surface area contributed by atoms with Gasteiger partial charge in [-0.2, -0.15) is 0 Å². The average Bonchev–Trinajstić information content (AvgIpc) is 2.73. The van der Waals surface area contributed by atoms with Gasteiger partial charge in [-0.15, -0.1) is 0 Å². The number of hydrogen-bond donors (Lipinski definition) is 1. The highest BCUT2D eigenvalue weighted by Crippen LogP contribution is 2.28. The molecule has 2 rings (SSSR count). The Bertz CT molecular complexity index is 440. The summed E-state index contributed by atoms with van der Waals surface area (Å²) in [6.07, 6.45) is 2.16. The van der Waals surface area contributed by atoms with Gasteiger partial charge in [-0.25, -0.2) is 4.39 Å². The summed E-state index contributed by atoms with van der Waals surface area (Å²) in [5.74, 6) is 0.783. The van der Waals surface area contributed by atoms with Crippen molar-refractivity contribution in [1.82, 2.24) is 0 Å². The van der Waals surface area contributed by atoms with Crippen molar-refractivity contribution in [2.75, 3.05) is 11.4 Å². The molecule has 0 fully saturated rings. The molecule has 0 saturated heterocycles. The Hall–Kier alpha value is -1.58. The van der Waals surface area contributed by atoms with Gasteiger partial charge in [0.2, 0.25) is 0 Å². The van der Waals surface area contributed by atoms with Gasteiger partial charge in [0.1, 0.15) is 5.82 Å². The molecule has 1 atom stereocenters. The van der Waals surface area contributed by atoms with Crippen molar-refractivity contribution in [2.45, 2.75) is 32.7 Å². The van der Waals surface area contributed by atoms with Gasteiger partial charge in [-0.05, 0) is 24.1 Å². The van der Waals surface area contributed by atoms with Crippen LogP contribution in [0.5, 0.6) is 0 Å². The molecule has 18 heavy (non-hydrogen) atoms. The predicted octanol–water partition coefficient (Wildman–Crippen LogP) is 2.77. The summed E-state index contributed by atoms with van der Waals surface area (Å²) in [4.78, 5) is 6.29. The lowest BCUT2D eigenvalue weighted by Crippen LogP contribution is -2.44. The first-order valence-corrected chi connectivity index (χ1v) is 6.52. The van der Waals surface area contributed by atoms with E-state index in [4.69, 9.17) is 5.73 Å². The van der Waals surface area contributed by atoms with Gasteiger partial charge in [0.25, 0.3) is 0 Å². The van der Waals surface area contributed by atoms with Crippen LogP contribution in [0, 0.1) is 11.7 Å². The van der Waals surface area contributed by atoms with E-state index >= 15 is 0 Å². The third-order valence-electron chi connectivity index (χ3n) is 3.70. The molecule has 1 aliphatic heterocycles. The van der Waals surface area contributed by atoms with Crippen LogP contribution in [0.15, 0.2) is 29.3 Å². The third kappa shape index (κ3) is 2.33. The van der Waals surface area contributed by atoms with Crippen molar-refractivity contribution in [3.05, 3.63) is 30.1 Å². The zero-order valence-corrected chi connectivity index (χ0v) is 10.9. The summed E-state index contributed by atoms with van der Waals surface area (Å²) >= 11 is 0. The molecule has 0 aromatic heterocycles. The lowest BCUT2D eigenvalue weighted by Gasteiger charge is -2.31. The van der Waals surface area contributed by atoms with E-state index in [1.165, 1.54) is 12.1 Å². The molecule has 0 amide bonds. The highest BCUT2D eigenvalue weighted by molar-refractivity contribution is 5.97. The first-order chi connectivity index (χ1) is 8.67. The monoisotopic (exact) mass is 249 g/mol. The summed E-state index contributed by atoms with van der Waals surface area (Å²) in [5.41, 5.74) is 6.75. The molecule has 0 radical (unpaired) electrons. The minimum atomic E-state index is -0.240. The van der Waals surface area contributed by atoms with E-state index in [9.17, 15) is 4.39 Å². The number of benzene rings is 1. The lowest BCUT2D eigenvalue weighted by molar-refractivity contribution is 0.411. The minimum absolute atomic E-state index is 0.240. The molecule has 0 bridgehead atoms. The number of nitrogens with zero attached hydrogens (tertiary/aromatic N) is 2. The van der Waals surface area contributed by atoms with Crippen LogP contribution in [-0.4, -0.2) is 18.5 Å². The number of hydrogen-bond acceptors (Lipinski definition) is 3. The van der Waals surface area contributed by atoms with Crippen LogP contribution in [0.3, 0.4) is 0 Å². The van der Waals surface area contributed by atoms with Gasteiger partial charge in [-0.3, -0.25) is 4.99 Å². The molecule has 1 aliphatic rings. The Labute approximate surface area is 108 Å². The Morgan fingerprint density at radius 3 is 2.78 bits per heavy atom. The fourth-order valence-corrected chi connectivity index (χ4v) is 2.66. The fourth-order valence-electron chi connectivity index (χ4n) is 2.66. The maximum absolute atomic E-state index is 13.3. The number of aliphatic imine (C=N–C) groups is 1. The van der Waals surface area contributed by atoms with E-state index < -0.39 is 0 Å². The van der Waals surface area contributed by atoms with Gasteiger partial charge in [-0.1, -0.05) is 32.8 Å². The molecule has 1 aromatic carbocycles. The largest absolute Gasteiger partial charge is 0.370 e. The molecular weight excluding hydrogens is 229 g/mol. The van der Waals surface area contributed by atoms with Crippen molar-refractivity contribution < 1.29 is 4.39 Å². The maximum Gasteiger partial charge on any atom is 0.196 e. The molecule has 4 heteroatoms. The molecule has 1 unspecified atom stereocenters. The summed E-state index contributed by atoms with van der Waals surface area (Å²) in [5, 5.41) is 0. The molecule has 1 heterocycles. The molecule has 1 aromatic rings. The molecule has 0 saturated carbocycles. The number of rotatable bonds is 4. The summed E-state index contributed by atoms with van der Waals surface area (Å²) in [6, 6.07) is 6.80. The Morgan fingerprint density at radius 2 is 2.17 bits per heavy atom. The third-order valence-corrected chi connectivity index (χ3v) is 3.70. The second-order valence-electron chi connectivity index (χ2n) is 4.69. The van der Waals surface area contributed by atoms with Crippen LogP contribution in [0.4, 0.5) is 10.1 Å². The van der Waals surface area contributed by atoms with Crippen LogP contribution in [0.1, 0.15) is 26.7 Å². The highest BCUT2D eigenvalue weighted by Gasteiger charge is 2.32. The summed E-state index contributed by atoms with van der Waals surface area (Å²) in [6.45, 7) is 5.05. The van der Waals surface area contributed by atoms with E-state index in [1.807, 2.05) is 11.0 Å². The molecule has 0 aliphatic carbocycles. The Morgan fingerprint density at radius 1 is 1.44 bits per heavy atom. The first kappa shape index (κ1) is 12.9. The number of anilines is 1. The van der Waals surface area contributed by atoms with Gasteiger partial charge in [0.15, 0.2) is 5.96 Å². The number of guanidine groups is 1. The van der Waals surface area contributed by atoms with Crippen molar-refractivity contribution in [1.29, 1.82) is 0 Å². The topological polar surface area (TPSA) is 41.6 Å². The van der Waals surface area contributed by atoms with E-state index in [-0.39, 0.29) is 11.9 Å². The van der Waals surface area contributed by atoms with Crippen LogP contribution in [-0.2, 0) is 0 Å². The lowest BCUT2D eigenvalue weighted by atomic mass is 9.93. The quantitative estimate of drug-likeness (QED) is 0.891. The zero-order valence-electron chi connectivity index (χ0n) is 10.9. The molecule has 98 valence electrons. The SMILES string of the molecule is CCC(CC)C1CN=C(N)N1c1cccc(F)c1. The first-order valence-electron chi connectivity index (χ1n) is 6.52. The van der Waals surface area contributed by atoms with E-state index in [0.717, 1.165) is 18.5 Å². The van der Waals surface area contributed by atoms with E-state index in [2.05, 4.69) is 18.8 Å². The summed E-state index contributed by atoms with van der Waals surface area (Å²) < 4.78 is 13.3. The van der Waals surface area contributed by atoms with Crippen LogP contribution in [0.2, 0.25) is 0 Å². The van der Waals surface area contributed by atoms with E-state index in [1.54, 1.807) is 6.07 Å². The number of halogens is 1. The second kappa shape index (κ2) is 5.38. The zero-order chi connectivity index (χ0) is 13.1. The van der Waals surface area contributed by atoms with Gasteiger partial charge >= 0.3 is 0 Å². The minimum Gasteiger partial charge on any atom is -0.370 e. The number of nitrogens with two attached hydrogens (primary N) is 1. The average molecular weight is 249 g/mol. The standard InChI is InChI=1S/C14H20FN3/c1-3-10(4-2)13-9-17-14(16)18(13)12-7-5-6-11(15)8-12/h5-8,10,13H,3-4,9H2,1-2H3,(H2,16,17). The van der Waals surface area contributed by atoms with Crippen molar-refractivity contribution in [2.24, 2.45) is 16.6 Å². The fraction of sp³-hybridized carbons (Fsp3) is 0.500. The normalized spacial score (nSPS) is 19.4. The van der Waals surface area contributed by atoms with Crippen molar-refractivity contribution in [3.63, 3.8) is 0 Å². The summed E-state index contributed by atoms with van der Waals surface area (Å²) in [7, 11) is 0. The maximum atomic E-state index is 13.3. The van der Waals surface area contributed by atoms with Crippen LogP contribution >= 0.6 is 0 Å². The van der Waals surface area contributed by atoms with Gasteiger partial charge in [0.05, 0.1) is 12.6 Å². The smallest absolute Gasteiger partial charge is 0.196 e. The van der Waals surface area contributed by atoms with Gasteiger partial charge < -0.3 is 10.6 Å². The molecular formula is C14H20FN3. The van der Waals surface area contributed by atoms with E-state index in [0.29, 0.717) is 18.4 Å². The predicted molar refractivity (Wildman–Crippen MR) is 73.2 cm³/mol. The van der Waals surface area contributed by atoms with Crippen LogP contribution < -0.4 is 10.6 Å². The van der Waals surface area contributed by atoms with Crippen molar-refractivity contribution in [3.8, 4) is 0 Å². The Balaban J connectivity index is 2.30. The second-order valence-corrected chi connectivity index (χ2v) is 4.69. The van der Waals surface area contributed by atoms with Gasteiger partial charge in [0, 0.05) is 5.69 Å². The molecule has 3 nitrogen and oxygen atoms in total. The Kier molecular flexibility index (Phi) is 3.84. The molecule has 0 spiro atoms. The van der Waals surface area contributed by atoms with Crippen LogP contribution in [0.25, 0.3) is 0 Å². The van der Waals surface area contributed by atoms with Crippen molar-refractivity contribution >= 4 is 11.6 Å². The highest BCUT2D eigenvalue weighted by atomic mass is 19.1. The molecule has 2 N–H and O–H groups in total.